The van der Waals surface area contributed by atoms with Crippen LogP contribution in [-0.2, 0) is 0 Å². The first-order chi connectivity index (χ1) is 20.8. The predicted molar refractivity (Wildman–Crippen MR) is 175 cm³/mol. The average Bonchev–Trinajstić information content (AvgIpc) is 3.65. The molecule has 2 aromatic heterocycles. The highest BCUT2D eigenvalue weighted by molar-refractivity contribution is 6.24. The van der Waals surface area contributed by atoms with E-state index in [9.17, 15) is 0 Å². The van der Waals surface area contributed by atoms with Crippen molar-refractivity contribution in [2.24, 2.45) is 0 Å². The van der Waals surface area contributed by atoms with Crippen molar-refractivity contribution in [2.45, 2.75) is 0 Å². The zero-order valence-electron chi connectivity index (χ0n) is 22.7. The van der Waals surface area contributed by atoms with Gasteiger partial charge in [0, 0.05) is 21.7 Å². The third-order valence-corrected chi connectivity index (χ3v) is 8.54. The van der Waals surface area contributed by atoms with E-state index in [4.69, 9.17) is 8.83 Å². The van der Waals surface area contributed by atoms with Gasteiger partial charge in [-0.1, -0.05) is 115 Å². The van der Waals surface area contributed by atoms with Gasteiger partial charge in [0.2, 0.25) is 0 Å². The Morgan fingerprint density at radius 2 is 0.905 bits per heavy atom. The Labute approximate surface area is 242 Å². The maximum atomic E-state index is 6.56. The van der Waals surface area contributed by atoms with Crippen LogP contribution < -0.4 is 0 Å². The molecule has 0 amide bonds. The number of fused-ring (bicyclic) bond motifs is 7. The SMILES string of the molecule is c1ccc(-c2c3ccccc3c(-c3ccc4c(c3)oc3ccc5occ(-c6ccccc6)c5c34)c3ccccc23)cc1. The lowest BCUT2D eigenvalue weighted by molar-refractivity contribution is 0.616. The highest BCUT2D eigenvalue weighted by Gasteiger charge is 2.20. The van der Waals surface area contributed by atoms with Gasteiger partial charge < -0.3 is 8.83 Å². The van der Waals surface area contributed by atoms with Crippen LogP contribution >= 0.6 is 0 Å². The Balaban J connectivity index is 1.34. The summed E-state index contributed by atoms with van der Waals surface area (Å²) >= 11 is 0. The van der Waals surface area contributed by atoms with Crippen molar-refractivity contribution in [3.63, 3.8) is 0 Å². The first kappa shape index (κ1) is 23.1. The van der Waals surface area contributed by atoms with Gasteiger partial charge in [-0.3, -0.25) is 0 Å². The molecule has 0 atom stereocenters. The fourth-order valence-corrected chi connectivity index (χ4v) is 6.74. The van der Waals surface area contributed by atoms with Gasteiger partial charge >= 0.3 is 0 Å². The minimum absolute atomic E-state index is 0.863. The van der Waals surface area contributed by atoms with Gasteiger partial charge in [-0.05, 0) is 73.6 Å². The molecule has 0 aliphatic carbocycles. The van der Waals surface area contributed by atoms with Crippen LogP contribution in [0.3, 0.4) is 0 Å². The number of benzene rings is 7. The van der Waals surface area contributed by atoms with Crippen molar-refractivity contribution in [3.8, 4) is 33.4 Å². The fourth-order valence-electron chi connectivity index (χ4n) is 6.74. The van der Waals surface area contributed by atoms with Gasteiger partial charge in [-0.15, -0.1) is 0 Å². The summed E-state index contributed by atoms with van der Waals surface area (Å²) < 4.78 is 12.6. The third-order valence-electron chi connectivity index (χ3n) is 8.54. The molecule has 2 heteroatoms. The second-order valence-electron chi connectivity index (χ2n) is 10.8. The molecule has 0 radical (unpaired) electrons. The van der Waals surface area contributed by atoms with Crippen LogP contribution in [0.15, 0.2) is 155 Å². The normalized spacial score (nSPS) is 11.8. The smallest absolute Gasteiger partial charge is 0.136 e. The lowest BCUT2D eigenvalue weighted by atomic mass is 9.86. The molecule has 9 rings (SSSR count). The van der Waals surface area contributed by atoms with Crippen LogP contribution in [0.2, 0.25) is 0 Å². The van der Waals surface area contributed by atoms with E-state index in [1.54, 1.807) is 0 Å². The van der Waals surface area contributed by atoms with Crippen molar-refractivity contribution in [1.82, 2.24) is 0 Å². The molecule has 2 heterocycles. The molecule has 0 unspecified atom stereocenters. The predicted octanol–water partition coefficient (Wildman–Crippen LogP) is 11.6. The molecule has 0 spiro atoms. The molecule has 0 fully saturated rings. The van der Waals surface area contributed by atoms with Crippen LogP contribution in [0.5, 0.6) is 0 Å². The second-order valence-corrected chi connectivity index (χ2v) is 10.8. The summed E-state index contributed by atoms with van der Waals surface area (Å²) in [6.45, 7) is 0. The Hall–Kier alpha value is -5.60. The minimum atomic E-state index is 0.863. The molecule has 0 aliphatic heterocycles. The maximum Gasteiger partial charge on any atom is 0.136 e. The van der Waals surface area contributed by atoms with Gasteiger partial charge in [0.15, 0.2) is 0 Å². The summed E-state index contributed by atoms with van der Waals surface area (Å²) in [7, 11) is 0. The largest absolute Gasteiger partial charge is 0.464 e. The average molecular weight is 537 g/mol. The summed E-state index contributed by atoms with van der Waals surface area (Å²) in [5.41, 5.74) is 9.66. The van der Waals surface area contributed by atoms with Gasteiger partial charge in [0.1, 0.15) is 16.7 Å². The quantitative estimate of drug-likeness (QED) is 0.210. The molecule has 42 heavy (non-hydrogen) atoms. The van der Waals surface area contributed by atoms with E-state index in [2.05, 4.69) is 121 Å². The monoisotopic (exact) mass is 536 g/mol. The molecule has 0 saturated heterocycles. The van der Waals surface area contributed by atoms with Crippen LogP contribution in [0.4, 0.5) is 0 Å². The fraction of sp³-hybridized carbons (Fsp3) is 0. The standard InChI is InChI=1S/C40H24O2/c1-3-11-25(12-4-1)33-24-41-34-21-22-35-39(40(33)34)32-20-19-27(23-36(32)42-35)38-30-17-9-7-15-28(30)37(26-13-5-2-6-14-26)29-16-8-10-18-31(29)38/h1-24H. The van der Waals surface area contributed by atoms with Gasteiger partial charge in [0.05, 0.1) is 6.26 Å². The van der Waals surface area contributed by atoms with Gasteiger partial charge in [0.25, 0.3) is 0 Å². The Bertz CT molecular complexity index is 2390. The van der Waals surface area contributed by atoms with Gasteiger partial charge in [-0.25, -0.2) is 0 Å². The third kappa shape index (κ3) is 3.33. The van der Waals surface area contributed by atoms with E-state index >= 15 is 0 Å². The van der Waals surface area contributed by atoms with Crippen molar-refractivity contribution in [1.29, 1.82) is 0 Å². The van der Waals surface area contributed by atoms with Crippen molar-refractivity contribution >= 4 is 54.5 Å². The first-order valence-corrected chi connectivity index (χ1v) is 14.3. The summed E-state index contributed by atoms with van der Waals surface area (Å²) in [6, 6.07) is 49.3. The van der Waals surface area contributed by atoms with Gasteiger partial charge in [-0.2, -0.15) is 0 Å². The lowest BCUT2D eigenvalue weighted by Crippen LogP contribution is -1.90. The second kappa shape index (κ2) is 8.95. The van der Waals surface area contributed by atoms with E-state index in [0.29, 0.717) is 0 Å². The highest BCUT2D eigenvalue weighted by atomic mass is 16.3. The summed E-state index contributed by atoms with van der Waals surface area (Å²) in [5, 5.41) is 8.23. The minimum Gasteiger partial charge on any atom is -0.464 e. The molecule has 9 aromatic rings. The molecule has 0 aliphatic rings. The number of hydrogen-bond acceptors (Lipinski definition) is 2. The van der Waals surface area contributed by atoms with E-state index in [1.165, 1.54) is 38.2 Å². The molecule has 196 valence electrons. The Morgan fingerprint density at radius 1 is 0.357 bits per heavy atom. The molecule has 7 aromatic carbocycles. The number of rotatable bonds is 3. The van der Waals surface area contributed by atoms with E-state index in [1.807, 2.05) is 24.5 Å². The number of furan rings is 2. The van der Waals surface area contributed by atoms with E-state index < -0.39 is 0 Å². The molecule has 0 N–H and O–H groups in total. The van der Waals surface area contributed by atoms with Crippen LogP contribution in [-0.4, -0.2) is 0 Å². The van der Waals surface area contributed by atoms with Crippen LogP contribution in [0.1, 0.15) is 0 Å². The summed E-state index contributed by atoms with van der Waals surface area (Å²) in [5.74, 6) is 0. The first-order valence-electron chi connectivity index (χ1n) is 14.3. The highest BCUT2D eigenvalue weighted by Crippen LogP contribution is 2.46. The van der Waals surface area contributed by atoms with E-state index in [0.717, 1.165) is 49.6 Å². The Morgan fingerprint density at radius 3 is 1.55 bits per heavy atom. The van der Waals surface area contributed by atoms with Crippen LogP contribution in [0, 0.1) is 0 Å². The molecule has 0 saturated carbocycles. The topological polar surface area (TPSA) is 26.3 Å². The lowest BCUT2D eigenvalue weighted by Gasteiger charge is -2.17. The zero-order chi connectivity index (χ0) is 27.6. The number of hydrogen-bond donors (Lipinski definition) is 0. The molecule has 2 nitrogen and oxygen atoms in total. The molecular formula is C40H24O2. The van der Waals surface area contributed by atoms with Crippen molar-refractivity contribution in [2.75, 3.05) is 0 Å². The Kier molecular flexibility index (Phi) is 4.93. The zero-order valence-corrected chi connectivity index (χ0v) is 22.7. The summed E-state index contributed by atoms with van der Waals surface area (Å²) in [4.78, 5) is 0. The molecular weight excluding hydrogens is 512 g/mol. The van der Waals surface area contributed by atoms with E-state index in [-0.39, 0.29) is 0 Å². The van der Waals surface area contributed by atoms with Crippen molar-refractivity contribution < 1.29 is 8.83 Å². The molecule has 0 bridgehead atoms. The van der Waals surface area contributed by atoms with Crippen LogP contribution in [0.25, 0.3) is 87.8 Å². The van der Waals surface area contributed by atoms with Crippen molar-refractivity contribution in [3.05, 3.63) is 146 Å². The maximum absolute atomic E-state index is 6.56. The summed E-state index contributed by atoms with van der Waals surface area (Å²) in [6.07, 6.45) is 1.86.